The Labute approximate surface area is 162 Å². The number of benzene rings is 2. The van der Waals surface area contributed by atoms with E-state index in [1.54, 1.807) is 24.3 Å². The van der Waals surface area contributed by atoms with Gasteiger partial charge >= 0.3 is 5.79 Å². The van der Waals surface area contributed by atoms with E-state index in [0.29, 0.717) is 22.8 Å². The summed E-state index contributed by atoms with van der Waals surface area (Å²) < 4.78 is 32.7. The van der Waals surface area contributed by atoms with Crippen molar-refractivity contribution in [1.82, 2.24) is 0 Å². The number of methoxy groups -OCH3 is 5. The van der Waals surface area contributed by atoms with Gasteiger partial charge in [-0.05, 0) is 30.3 Å². The van der Waals surface area contributed by atoms with E-state index in [0.717, 1.165) is 0 Å². The third-order valence-corrected chi connectivity index (χ3v) is 4.79. The molecule has 1 aliphatic rings. The lowest BCUT2D eigenvalue weighted by Crippen LogP contribution is -2.64. The summed E-state index contributed by atoms with van der Waals surface area (Å²) in [4.78, 5) is 13.2. The largest absolute Gasteiger partial charge is 0.497 e. The van der Waals surface area contributed by atoms with Crippen molar-refractivity contribution in [2.75, 3.05) is 35.5 Å². The smallest absolute Gasteiger partial charge is 0.304 e. The zero-order valence-electron chi connectivity index (χ0n) is 16.3. The number of ketones is 1. The van der Waals surface area contributed by atoms with Gasteiger partial charge in [0.15, 0.2) is 11.5 Å². The van der Waals surface area contributed by atoms with Crippen LogP contribution in [-0.4, -0.2) is 52.2 Å². The molecule has 0 bridgehead atoms. The van der Waals surface area contributed by atoms with Crippen LogP contribution >= 0.6 is 0 Å². The average Bonchev–Trinajstić information content (AvgIpc) is 2.75. The monoisotopic (exact) mass is 390 g/mol. The maximum absolute atomic E-state index is 13.2. The number of carbonyl (C=O) groups is 1. The number of hydrogen-bond donors (Lipinski definition) is 1. The van der Waals surface area contributed by atoms with Crippen molar-refractivity contribution in [3.63, 3.8) is 0 Å². The highest BCUT2D eigenvalue weighted by atomic mass is 16.8. The zero-order chi connectivity index (χ0) is 20.5. The lowest BCUT2D eigenvalue weighted by Gasteiger charge is -2.46. The molecule has 0 saturated heterocycles. The van der Waals surface area contributed by atoms with Crippen molar-refractivity contribution in [2.45, 2.75) is 11.6 Å². The van der Waals surface area contributed by atoms with Gasteiger partial charge in [-0.2, -0.15) is 0 Å². The minimum atomic E-state index is -2.46. The van der Waals surface area contributed by atoms with Crippen LogP contribution in [0.1, 0.15) is 15.9 Å². The first-order chi connectivity index (χ1) is 13.4. The number of carbonyl (C=O) groups excluding carboxylic acids is 1. The normalized spacial score (nSPS) is 23.6. The first kappa shape index (κ1) is 19.9. The van der Waals surface area contributed by atoms with Crippen molar-refractivity contribution in [2.24, 2.45) is 0 Å². The molecule has 0 aromatic heterocycles. The van der Waals surface area contributed by atoms with Gasteiger partial charge in [0.05, 0.1) is 26.9 Å². The van der Waals surface area contributed by atoms with E-state index in [1.165, 1.54) is 47.7 Å². The first-order valence-electron chi connectivity index (χ1n) is 8.37. The molecule has 8 heteroatoms. The Hall–Kier alpha value is -2.81. The van der Waals surface area contributed by atoms with Crippen LogP contribution in [-0.2, 0) is 15.3 Å². The molecular weight excluding hydrogens is 368 g/mol. The summed E-state index contributed by atoms with van der Waals surface area (Å²) in [5.41, 5.74) is 0.428. The first-order valence-corrected chi connectivity index (χ1v) is 8.37. The number of Topliss-reactive ketones (excluding diaryl/α,β-unsaturated/α-hetero) is 1. The standard InChI is InChI=1S/C20H22O8/c1-23-13-7-8-14-16(11-13)28-20(27-5,19(22,26-4)18(14)21)12-6-9-15(24-2)17(10-12)25-3/h6-11,22H,1-5H3/t19-,20+/m1/s1. The van der Waals surface area contributed by atoms with Gasteiger partial charge < -0.3 is 33.5 Å². The SMILES string of the molecule is COc1ccc2c(c1)O[C@@](OC)(c1ccc(OC)c(OC)c1)[C@](O)(OC)C2=O. The fraction of sp³-hybridized carbons (Fsp3) is 0.350. The zero-order valence-corrected chi connectivity index (χ0v) is 16.3. The number of rotatable bonds is 6. The second-order valence-corrected chi connectivity index (χ2v) is 6.03. The van der Waals surface area contributed by atoms with Gasteiger partial charge in [0.2, 0.25) is 5.78 Å². The van der Waals surface area contributed by atoms with E-state index in [-0.39, 0.29) is 11.3 Å². The van der Waals surface area contributed by atoms with Gasteiger partial charge in [-0.25, -0.2) is 0 Å². The van der Waals surface area contributed by atoms with Crippen LogP contribution < -0.4 is 18.9 Å². The number of fused-ring (bicyclic) bond motifs is 1. The van der Waals surface area contributed by atoms with E-state index in [4.69, 9.17) is 28.4 Å². The lowest BCUT2D eigenvalue weighted by atomic mass is 9.86. The van der Waals surface area contributed by atoms with Crippen LogP contribution in [0, 0.1) is 0 Å². The molecule has 8 nitrogen and oxygen atoms in total. The molecule has 2 aromatic rings. The van der Waals surface area contributed by atoms with Crippen molar-refractivity contribution in [1.29, 1.82) is 0 Å². The summed E-state index contributed by atoms with van der Waals surface area (Å²) in [6.07, 6.45) is 0. The molecule has 0 aliphatic carbocycles. The summed E-state index contributed by atoms with van der Waals surface area (Å²) in [6, 6.07) is 9.37. The summed E-state index contributed by atoms with van der Waals surface area (Å²) in [6.45, 7) is 0. The summed E-state index contributed by atoms with van der Waals surface area (Å²) in [5, 5.41) is 11.3. The van der Waals surface area contributed by atoms with Gasteiger partial charge in [-0.1, -0.05) is 0 Å². The van der Waals surface area contributed by atoms with Gasteiger partial charge in [0, 0.05) is 25.8 Å². The van der Waals surface area contributed by atoms with Crippen molar-refractivity contribution < 1.29 is 38.3 Å². The van der Waals surface area contributed by atoms with Crippen LogP contribution in [0.5, 0.6) is 23.0 Å². The molecule has 1 N–H and O–H groups in total. The molecule has 0 spiro atoms. The fourth-order valence-corrected chi connectivity index (χ4v) is 3.28. The van der Waals surface area contributed by atoms with Crippen LogP contribution in [0.2, 0.25) is 0 Å². The fourth-order valence-electron chi connectivity index (χ4n) is 3.28. The Bertz CT molecular complexity index is 896. The van der Waals surface area contributed by atoms with Crippen LogP contribution in [0.3, 0.4) is 0 Å². The predicted octanol–water partition coefficient (Wildman–Crippen LogP) is 2.12. The van der Waals surface area contributed by atoms with E-state index in [2.05, 4.69) is 0 Å². The molecule has 28 heavy (non-hydrogen) atoms. The third-order valence-electron chi connectivity index (χ3n) is 4.79. The van der Waals surface area contributed by atoms with Crippen LogP contribution in [0.25, 0.3) is 0 Å². The Kier molecular flexibility index (Phi) is 5.20. The Morgan fingerprint density at radius 2 is 1.57 bits per heavy atom. The van der Waals surface area contributed by atoms with Gasteiger partial charge in [-0.15, -0.1) is 0 Å². The van der Waals surface area contributed by atoms with Gasteiger partial charge in [-0.3, -0.25) is 4.79 Å². The highest BCUT2D eigenvalue weighted by molar-refractivity contribution is 6.05. The van der Waals surface area contributed by atoms with Crippen molar-refractivity contribution >= 4 is 5.78 Å². The quantitative estimate of drug-likeness (QED) is 0.750. The van der Waals surface area contributed by atoms with E-state index >= 15 is 0 Å². The number of aliphatic hydroxyl groups is 1. The minimum absolute atomic E-state index is 0.137. The predicted molar refractivity (Wildman–Crippen MR) is 98.1 cm³/mol. The molecule has 150 valence electrons. The molecular formula is C20H22O8. The summed E-state index contributed by atoms with van der Waals surface area (Å²) in [7, 11) is 6.97. The topological polar surface area (TPSA) is 92.7 Å². The second-order valence-electron chi connectivity index (χ2n) is 6.03. The molecule has 0 unspecified atom stereocenters. The third kappa shape index (κ3) is 2.69. The summed E-state index contributed by atoms with van der Waals surface area (Å²) >= 11 is 0. The lowest BCUT2D eigenvalue weighted by molar-refractivity contribution is -0.346. The molecule has 0 amide bonds. The van der Waals surface area contributed by atoms with Gasteiger partial charge in [0.1, 0.15) is 11.5 Å². The Morgan fingerprint density at radius 1 is 0.857 bits per heavy atom. The minimum Gasteiger partial charge on any atom is -0.497 e. The molecule has 3 rings (SSSR count). The van der Waals surface area contributed by atoms with Crippen molar-refractivity contribution in [3.8, 4) is 23.0 Å². The average molecular weight is 390 g/mol. The number of ether oxygens (including phenoxy) is 6. The van der Waals surface area contributed by atoms with E-state index < -0.39 is 17.4 Å². The summed E-state index contributed by atoms with van der Waals surface area (Å²) in [5.74, 6) is -3.68. The Morgan fingerprint density at radius 3 is 2.14 bits per heavy atom. The van der Waals surface area contributed by atoms with Crippen LogP contribution in [0.15, 0.2) is 36.4 Å². The van der Waals surface area contributed by atoms with Gasteiger partial charge in [0.25, 0.3) is 5.79 Å². The van der Waals surface area contributed by atoms with Crippen molar-refractivity contribution in [3.05, 3.63) is 47.5 Å². The van der Waals surface area contributed by atoms with E-state index in [1.807, 2.05) is 0 Å². The molecule has 0 saturated carbocycles. The Balaban J connectivity index is 2.26. The highest BCUT2D eigenvalue weighted by Crippen LogP contribution is 2.48. The molecule has 0 radical (unpaired) electrons. The van der Waals surface area contributed by atoms with Crippen LogP contribution in [0.4, 0.5) is 0 Å². The highest BCUT2D eigenvalue weighted by Gasteiger charge is 2.65. The molecule has 2 aromatic carbocycles. The maximum Gasteiger partial charge on any atom is 0.304 e. The number of hydrogen-bond acceptors (Lipinski definition) is 8. The van der Waals surface area contributed by atoms with E-state index in [9.17, 15) is 9.90 Å². The molecule has 2 atom stereocenters. The molecule has 1 aliphatic heterocycles. The second kappa shape index (κ2) is 7.31. The molecule has 0 fully saturated rings. The maximum atomic E-state index is 13.2. The molecule has 1 heterocycles.